The Morgan fingerprint density at radius 1 is 1.27 bits per heavy atom. The molecule has 2 unspecified atom stereocenters. The molecule has 0 radical (unpaired) electrons. The highest BCUT2D eigenvalue weighted by molar-refractivity contribution is 5.84. The molecule has 1 aromatic carbocycles. The maximum Gasteiger partial charge on any atom is 0.146 e. The zero-order valence-corrected chi connectivity index (χ0v) is 8.52. The quantitative estimate of drug-likeness (QED) is 0.752. The first-order valence-electron chi connectivity index (χ1n) is 5.39. The molecule has 1 aromatic rings. The van der Waals surface area contributed by atoms with Gasteiger partial charge in [0.15, 0.2) is 0 Å². The van der Waals surface area contributed by atoms with Crippen LogP contribution in [0.3, 0.4) is 0 Å². The SMILES string of the molecule is NC1=NOCC1C1CCc2ccccc21. The maximum atomic E-state index is 5.84. The number of oxime groups is 1. The average molecular weight is 202 g/mol. The summed E-state index contributed by atoms with van der Waals surface area (Å²) in [6, 6.07) is 8.61. The average Bonchev–Trinajstić information content (AvgIpc) is 2.83. The summed E-state index contributed by atoms with van der Waals surface area (Å²) >= 11 is 0. The van der Waals surface area contributed by atoms with Crippen molar-refractivity contribution in [2.75, 3.05) is 6.61 Å². The third-order valence-corrected chi connectivity index (χ3v) is 3.47. The zero-order chi connectivity index (χ0) is 10.3. The lowest BCUT2D eigenvalue weighted by Crippen LogP contribution is -2.26. The van der Waals surface area contributed by atoms with Crippen molar-refractivity contribution in [1.29, 1.82) is 0 Å². The van der Waals surface area contributed by atoms with Crippen LogP contribution >= 0.6 is 0 Å². The van der Waals surface area contributed by atoms with E-state index in [2.05, 4.69) is 29.4 Å². The summed E-state index contributed by atoms with van der Waals surface area (Å²) in [7, 11) is 0. The summed E-state index contributed by atoms with van der Waals surface area (Å²) < 4.78 is 0. The Morgan fingerprint density at radius 2 is 2.13 bits per heavy atom. The van der Waals surface area contributed by atoms with Crippen molar-refractivity contribution in [1.82, 2.24) is 0 Å². The van der Waals surface area contributed by atoms with Crippen molar-refractivity contribution < 1.29 is 4.84 Å². The number of rotatable bonds is 1. The maximum absolute atomic E-state index is 5.84. The van der Waals surface area contributed by atoms with Crippen LogP contribution in [0, 0.1) is 5.92 Å². The van der Waals surface area contributed by atoms with Gasteiger partial charge in [0.05, 0.1) is 5.92 Å². The Hall–Kier alpha value is -1.51. The van der Waals surface area contributed by atoms with E-state index in [9.17, 15) is 0 Å². The van der Waals surface area contributed by atoms with Gasteiger partial charge in [0, 0.05) is 0 Å². The van der Waals surface area contributed by atoms with E-state index in [0.717, 1.165) is 6.42 Å². The second-order valence-corrected chi connectivity index (χ2v) is 4.26. The van der Waals surface area contributed by atoms with E-state index in [1.54, 1.807) is 0 Å². The van der Waals surface area contributed by atoms with Crippen molar-refractivity contribution in [3.8, 4) is 0 Å². The van der Waals surface area contributed by atoms with E-state index in [0.29, 0.717) is 18.4 Å². The van der Waals surface area contributed by atoms with E-state index in [-0.39, 0.29) is 5.92 Å². The molecule has 78 valence electrons. The fraction of sp³-hybridized carbons (Fsp3) is 0.417. The van der Waals surface area contributed by atoms with Crippen LogP contribution in [0.15, 0.2) is 29.4 Å². The minimum Gasteiger partial charge on any atom is -0.394 e. The van der Waals surface area contributed by atoms with Crippen molar-refractivity contribution in [3.63, 3.8) is 0 Å². The molecule has 0 amide bonds. The second-order valence-electron chi connectivity index (χ2n) is 4.26. The Balaban J connectivity index is 1.94. The van der Waals surface area contributed by atoms with Gasteiger partial charge in [0.2, 0.25) is 0 Å². The van der Waals surface area contributed by atoms with Gasteiger partial charge in [0.25, 0.3) is 0 Å². The molecular weight excluding hydrogens is 188 g/mol. The van der Waals surface area contributed by atoms with Gasteiger partial charge in [-0.1, -0.05) is 29.4 Å². The molecule has 0 aromatic heterocycles. The largest absolute Gasteiger partial charge is 0.394 e. The molecule has 0 fully saturated rings. The monoisotopic (exact) mass is 202 g/mol. The minimum absolute atomic E-state index is 0.286. The van der Waals surface area contributed by atoms with Gasteiger partial charge < -0.3 is 10.6 Å². The molecule has 3 heteroatoms. The summed E-state index contributed by atoms with van der Waals surface area (Å²) in [5.41, 5.74) is 8.74. The number of nitrogens with zero attached hydrogens (tertiary/aromatic N) is 1. The van der Waals surface area contributed by atoms with Gasteiger partial charge in [-0.05, 0) is 29.9 Å². The van der Waals surface area contributed by atoms with Crippen LogP contribution in [-0.2, 0) is 11.3 Å². The summed E-state index contributed by atoms with van der Waals surface area (Å²) in [5, 5.41) is 3.83. The number of aryl methyl sites for hydroxylation is 1. The molecule has 1 aliphatic heterocycles. The van der Waals surface area contributed by atoms with Crippen LogP contribution in [0.4, 0.5) is 0 Å². The zero-order valence-electron chi connectivity index (χ0n) is 8.52. The smallest absolute Gasteiger partial charge is 0.146 e. The first-order valence-corrected chi connectivity index (χ1v) is 5.39. The molecule has 0 saturated heterocycles. The fourth-order valence-electron chi connectivity index (χ4n) is 2.68. The first kappa shape index (κ1) is 8.77. The molecular formula is C12H14N2O. The summed E-state index contributed by atoms with van der Waals surface area (Å²) in [6.45, 7) is 0.644. The molecule has 0 spiro atoms. The molecule has 0 bridgehead atoms. The van der Waals surface area contributed by atoms with Crippen molar-refractivity contribution in [2.45, 2.75) is 18.8 Å². The second kappa shape index (κ2) is 3.26. The molecule has 2 aliphatic rings. The number of fused-ring (bicyclic) bond motifs is 1. The standard InChI is InChI=1S/C12H14N2O/c13-12-11(7-15-14-12)10-6-5-8-3-1-2-4-9(8)10/h1-4,10-11H,5-7H2,(H2,13,14). The summed E-state index contributed by atoms with van der Waals surface area (Å²) in [5.74, 6) is 1.46. The molecule has 0 saturated carbocycles. The van der Waals surface area contributed by atoms with Gasteiger partial charge >= 0.3 is 0 Å². The number of hydrogen-bond donors (Lipinski definition) is 1. The molecule has 1 aliphatic carbocycles. The van der Waals surface area contributed by atoms with E-state index in [1.807, 2.05) is 0 Å². The van der Waals surface area contributed by atoms with Gasteiger partial charge in [-0.2, -0.15) is 0 Å². The van der Waals surface area contributed by atoms with Crippen LogP contribution in [0.5, 0.6) is 0 Å². The number of hydrogen-bond acceptors (Lipinski definition) is 3. The number of benzene rings is 1. The van der Waals surface area contributed by atoms with Crippen LogP contribution < -0.4 is 5.73 Å². The van der Waals surface area contributed by atoms with Crippen LogP contribution in [0.25, 0.3) is 0 Å². The fourth-order valence-corrected chi connectivity index (χ4v) is 2.68. The van der Waals surface area contributed by atoms with Gasteiger partial charge in [-0.15, -0.1) is 0 Å². The predicted octanol–water partition coefficient (Wildman–Crippen LogP) is 1.64. The van der Waals surface area contributed by atoms with E-state index < -0.39 is 0 Å². The third-order valence-electron chi connectivity index (χ3n) is 3.47. The molecule has 2 atom stereocenters. The highest BCUT2D eigenvalue weighted by Gasteiger charge is 2.34. The van der Waals surface area contributed by atoms with Crippen molar-refractivity contribution in [3.05, 3.63) is 35.4 Å². The van der Waals surface area contributed by atoms with Crippen molar-refractivity contribution >= 4 is 5.84 Å². The normalized spacial score (nSPS) is 28.4. The highest BCUT2D eigenvalue weighted by Crippen LogP contribution is 2.39. The van der Waals surface area contributed by atoms with E-state index >= 15 is 0 Å². The number of amidine groups is 1. The Bertz CT molecular complexity index is 414. The molecule has 2 N–H and O–H groups in total. The van der Waals surface area contributed by atoms with Crippen LogP contribution in [0.1, 0.15) is 23.5 Å². The third kappa shape index (κ3) is 1.30. The Kier molecular flexibility index (Phi) is 1.91. The number of nitrogens with two attached hydrogens (primary N) is 1. The minimum atomic E-state index is 0.286. The predicted molar refractivity (Wildman–Crippen MR) is 58.6 cm³/mol. The topological polar surface area (TPSA) is 47.6 Å². The lowest BCUT2D eigenvalue weighted by atomic mass is 9.87. The lowest BCUT2D eigenvalue weighted by Gasteiger charge is -2.17. The van der Waals surface area contributed by atoms with Gasteiger partial charge in [0.1, 0.15) is 12.4 Å². The summed E-state index contributed by atoms with van der Waals surface area (Å²) in [4.78, 5) is 5.06. The van der Waals surface area contributed by atoms with Gasteiger partial charge in [-0.25, -0.2) is 0 Å². The van der Waals surface area contributed by atoms with Crippen molar-refractivity contribution in [2.24, 2.45) is 16.8 Å². The molecule has 1 heterocycles. The Morgan fingerprint density at radius 3 is 2.93 bits per heavy atom. The van der Waals surface area contributed by atoms with E-state index in [4.69, 9.17) is 10.6 Å². The lowest BCUT2D eigenvalue weighted by molar-refractivity contribution is 0.148. The van der Waals surface area contributed by atoms with E-state index in [1.165, 1.54) is 17.5 Å². The molecule has 3 rings (SSSR count). The highest BCUT2D eigenvalue weighted by atomic mass is 16.6. The van der Waals surface area contributed by atoms with Crippen LogP contribution in [0.2, 0.25) is 0 Å². The van der Waals surface area contributed by atoms with Crippen LogP contribution in [-0.4, -0.2) is 12.4 Å². The Labute approximate surface area is 88.9 Å². The molecule has 3 nitrogen and oxygen atoms in total. The molecule has 15 heavy (non-hydrogen) atoms. The first-order chi connectivity index (χ1) is 7.36. The summed E-state index contributed by atoms with van der Waals surface area (Å²) in [6.07, 6.45) is 2.33. The van der Waals surface area contributed by atoms with Gasteiger partial charge in [-0.3, -0.25) is 0 Å².